The van der Waals surface area contributed by atoms with E-state index in [4.69, 9.17) is 0 Å². The van der Waals surface area contributed by atoms with Crippen LogP contribution in [0.15, 0.2) is 35.4 Å². The molecular formula is C24H33N5O3S. The van der Waals surface area contributed by atoms with Crippen molar-refractivity contribution < 1.29 is 13.2 Å². The van der Waals surface area contributed by atoms with Crippen LogP contribution in [0.2, 0.25) is 0 Å². The number of aromatic nitrogens is 1. The predicted octanol–water partition coefficient (Wildman–Crippen LogP) is 2.92. The number of carbonyl (C=O) groups is 1. The third-order valence-corrected chi connectivity index (χ3v) is 7.99. The summed E-state index contributed by atoms with van der Waals surface area (Å²) in [7, 11) is -3.82. The predicted molar refractivity (Wildman–Crippen MR) is 130 cm³/mol. The molecule has 33 heavy (non-hydrogen) atoms. The number of sulfonamides is 1. The van der Waals surface area contributed by atoms with Gasteiger partial charge < -0.3 is 15.1 Å². The Kier molecular flexibility index (Phi) is 6.90. The summed E-state index contributed by atoms with van der Waals surface area (Å²) in [5.74, 6) is 0.532. The first kappa shape index (κ1) is 23.5. The Morgan fingerprint density at radius 3 is 2.58 bits per heavy atom. The van der Waals surface area contributed by atoms with Gasteiger partial charge in [-0.2, -0.15) is 0 Å². The summed E-state index contributed by atoms with van der Waals surface area (Å²) < 4.78 is 28.8. The Bertz CT molecular complexity index is 1130. The molecule has 2 saturated heterocycles. The Hall–Kier alpha value is -2.65. The van der Waals surface area contributed by atoms with Gasteiger partial charge in [-0.15, -0.1) is 0 Å². The van der Waals surface area contributed by atoms with Crippen molar-refractivity contribution in [2.75, 3.05) is 42.3 Å². The maximum absolute atomic E-state index is 13.6. The van der Waals surface area contributed by atoms with Crippen molar-refractivity contribution in [2.24, 2.45) is 0 Å². The zero-order valence-electron chi connectivity index (χ0n) is 19.6. The first-order valence-corrected chi connectivity index (χ1v) is 13.1. The lowest BCUT2D eigenvalue weighted by Crippen LogP contribution is -2.46. The summed E-state index contributed by atoms with van der Waals surface area (Å²) in [5.41, 5.74) is 2.41. The van der Waals surface area contributed by atoms with Crippen molar-refractivity contribution in [1.29, 1.82) is 0 Å². The van der Waals surface area contributed by atoms with Gasteiger partial charge in [0.2, 0.25) is 0 Å². The van der Waals surface area contributed by atoms with Crippen LogP contribution in [0.25, 0.3) is 0 Å². The molecule has 178 valence electrons. The fourth-order valence-corrected chi connectivity index (χ4v) is 5.93. The molecule has 1 amide bonds. The second kappa shape index (κ2) is 9.69. The molecule has 0 spiro atoms. The molecule has 1 aromatic carbocycles. The van der Waals surface area contributed by atoms with Crippen LogP contribution in [0.1, 0.15) is 47.7 Å². The van der Waals surface area contributed by atoms with Crippen molar-refractivity contribution in [3.8, 4) is 0 Å². The number of pyridine rings is 1. The maximum atomic E-state index is 13.6. The number of benzene rings is 1. The standard InChI is InChI=1S/C24H33N5O3S/c1-17-7-8-22(18(2)14-17)33(31,32)27-20-15-21(24(30)29-11-5-4-6-19(29)3)23(26-16-20)28-12-9-25-10-13-28/h7-8,14-16,19,25,27H,4-6,9-13H2,1-3H3. The van der Waals surface area contributed by atoms with E-state index in [9.17, 15) is 13.2 Å². The van der Waals surface area contributed by atoms with E-state index in [1.165, 1.54) is 6.20 Å². The van der Waals surface area contributed by atoms with Crippen LogP contribution < -0.4 is 14.9 Å². The van der Waals surface area contributed by atoms with E-state index in [0.717, 1.165) is 51.0 Å². The van der Waals surface area contributed by atoms with E-state index in [0.29, 0.717) is 29.2 Å². The summed E-state index contributed by atoms with van der Waals surface area (Å²) in [4.78, 5) is 22.4. The van der Waals surface area contributed by atoms with E-state index in [1.54, 1.807) is 25.1 Å². The third-order valence-electron chi connectivity index (χ3n) is 6.45. The van der Waals surface area contributed by atoms with Crippen LogP contribution in [-0.2, 0) is 10.0 Å². The molecule has 2 aromatic rings. The van der Waals surface area contributed by atoms with E-state index >= 15 is 0 Å². The van der Waals surface area contributed by atoms with Gasteiger partial charge in [0.1, 0.15) is 5.82 Å². The average Bonchev–Trinajstić information content (AvgIpc) is 2.79. The Balaban J connectivity index is 1.69. The van der Waals surface area contributed by atoms with Gasteiger partial charge in [0.25, 0.3) is 15.9 Å². The first-order valence-electron chi connectivity index (χ1n) is 11.6. The first-order chi connectivity index (χ1) is 15.8. The summed E-state index contributed by atoms with van der Waals surface area (Å²) in [5, 5.41) is 3.32. The molecule has 0 aliphatic carbocycles. The monoisotopic (exact) mass is 471 g/mol. The smallest absolute Gasteiger partial charge is 0.262 e. The number of likely N-dealkylation sites (tertiary alicyclic amines) is 1. The van der Waals surface area contributed by atoms with Crippen molar-refractivity contribution in [3.63, 3.8) is 0 Å². The number of rotatable bonds is 5. The number of hydrogen-bond donors (Lipinski definition) is 2. The molecule has 0 bridgehead atoms. The zero-order chi connectivity index (χ0) is 23.6. The van der Waals surface area contributed by atoms with Crippen LogP contribution in [-0.4, -0.2) is 63.0 Å². The molecule has 4 rings (SSSR count). The number of hydrogen-bond acceptors (Lipinski definition) is 6. The van der Waals surface area contributed by atoms with Crippen LogP contribution >= 0.6 is 0 Å². The van der Waals surface area contributed by atoms with Gasteiger partial charge in [-0.05, 0) is 57.7 Å². The number of piperidine rings is 1. The molecule has 2 fully saturated rings. The number of nitrogens with one attached hydrogen (secondary N) is 2. The number of aryl methyl sites for hydroxylation is 2. The molecule has 2 aliphatic heterocycles. The van der Waals surface area contributed by atoms with E-state index < -0.39 is 10.0 Å². The summed E-state index contributed by atoms with van der Waals surface area (Å²) >= 11 is 0. The molecule has 1 atom stereocenters. The minimum atomic E-state index is -3.82. The van der Waals surface area contributed by atoms with Crippen molar-refractivity contribution in [2.45, 2.75) is 51.0 Å². The number of anilines is 2. The highest BCUT2D eigenvalue weighted by molar-refractivity contribution is 7.92. The SMILES string of the molecule is Cc1ccc(S(=O)(=O)Nc2cnc(N3CCNCC3)c(C(=O)N3CCCCC3C)c2)c(C)c1. The quantitative estimate of drug-likeness (QED) is 0.696. The largest absolute Gasteiger partial charge is 0.353 e. The van der Waals surface area contributed by atoms with E-state index in [1.807, 2.05) is 17.9 Å². The van der Waals surface area contributed by atoms with Gasteiger partial charge in [0.05, 0.1) is 22.3 Å². The number of amides is 1. The molecule has 0 saturated carbocycles. The van der Waals surface area contributed by atoms with Crippen LogP contribution in [0.3, 0.4) is 0 Å². The van der Waals surface area contributed by atoms with E-state index in [-0.39, 0.29) is 16.8 Å². The molecular weight excluding hydrogens is 438 g/mol. The minimum Gasteiger partial charge on any atom is -0.353 e. The highest BCUT2D eigenvalue weighted by atomic mass is 32.2. The Morgan fingerprint density at radius 2 is 1.88 bits per heavy atom. The molecule has 0 radical (unpaired) electrons. The van der Waals surface area contributed by atoms with Crippen molar-refractivity contribution in [3.05, 3.63) is 47.2 Å². The number of piperazine rings is 1. The molecule has 2 aliphatic rings. The van der Waals surface area contributed by atoms with Crippen LogP contribution in [0, 0.1) is 13.8 Å². The second-order valence-corrected chi connectivity index (χ2v) is 10.7. The number of nitrogens with zero attached hydrogens (tertiary/aromatic N) is 3. The van der Waals surface area contributed by atoms with Gasteiger partial charge in [0, 0.05) is 38.8 Å². The highest BCUT2D eigenvalue weighted by Gasteiger charge is 2.29. The van der Waals surface area contributed by atoms with Gasteiger partial charge >= 0.3 is 0 Å². The lowest BCUT2D eigenvalue weighted by Gasteiger charge is -2.35. The normalized spacial score (nSPS) is 19.4. The average molecular weight is 472 g/mol. The Morgan fingerprint density at radius 1 is 1.12 bits per heavy atom. The fraction of sp³-hybridized carbons (Fsp3) is 0.500. The molecule has 2 N–H and O–H groups in total. The van der Waals surface area contributed by atoms with Gasteiger partial charge in [-0.1, -0.05) is 17.7 Å². The second-order valence-electron chi connectivity index (χ2n) is 9.05. The number of carbonyl (C=O) groups excluding carboxylic acids is 1. The van der Waals surface area contributed by atoms with Crippen LogP contribution in [0.4, 0.5) is 11.5 Å². The molecule has 1 unspecified atom stereocenters. The highest BCUT2D eigenvalue weighted by Crippen LogP contribution is 2.28. The lowest BCUT2D eigenvalue weighted by molar-refractivity contribution is 0.0636. The van der Waals surface area contributed by atoms with Gasteiger partial charge in [-0.25, -0.2) is 13.4 Å². The van der Waals surface area contributed by atoms with Crippen molar-refractivity contribution in [1.82, 2.24) is 15.2 Å². The molecule has 3 heterocycles. The van der Waals surface area contributed by atoms with Crippen LogP contribution in [0.5, 0.6) is 0 Å². The lowest BCUT2D eigenvalue weighted by atomic mass is 10.0. The van der Waals surface area contributed by atoms with Gasteiger partial charge in [-0.3, -0.25) is 9.52 Å². The van der Waals surface area contributed by atoms with E-state index in [2.05, 4.69) is 26.8 Å². The molecule has 1 aromatic heterocycles. The minimum absolute atomic E-state index is 0.0872. The summed E-state index contributed by atoms with van der Waals surface area (Å²) in [6.07, 6.45) is 4.57. The Labute approximate surface area is 196 Å². The molecule has 8 nitrogen and oxygen atoms in total. The van der Waals surface area contributed by atoms with Gasteiger partial charge in [0.15, 0.2) is 0 Å². The zero-order valence-corrected chi connectivity index (χ0v) is 20.4. The topological polar surface area (TPSA) is 94.6 Å². The summed E-state index contributed by atoms with van der Waals surface area (Å²) in [6, 6.07) is 7.02. The third kappa shape index (κ3) is 5.14. The fourth-order valence-electron chi connectivity index (χ4n) is 4.66. The van der Waals surface area contributed by atoms with Crippen molar-refractivity contribution >= 4 is 27.4 Å². The maximum Gasteiger partial charge on any atom is 0.262 e. The molecule has 9 heteroatoms. The summed E-state index contributed by atoms with van der Waals surface area (Å²) in [6.45, 7) is 9.61.